The number of aryl methyl sites for hydroxylation is 1. The van der Waals surface area contributed by atoms with Gasteiger partial charge >= 0.3 is 0 Å². The molecule has 1 atom stereocenters. The molecule has 1 aliphatic heterocycles. The zero-order valence-corrected chi connectivity index (χ0v) is 15.8. The fourth-order valence-electron chi connectivity index (χ4n) is 3.71. The predicted molar refractivity (Wildman–Crippen MR) is 104 cm³/mol. The van der Waals surface area contributed by atoms with E-state index in [1.54, 1.807) is 4.68 Å². The average molecular weight is 376 g/mol. The highest BCUT2D eigenvalue weighted by Gasteiger charge is 2.25. The molecule has 1 saturated heterocycles. The first kappa shape index (κ1) is 18.3. The first-order valence-electron chi connectivity index (χ1n) is 9.75. The van der Waals surface area contributed by atoms with Crippen molar-refractivity contribution in [3.05, 3.63) is 71.8 Å². The van der Waals surface area contributed by atoms with E-state index in [2.05, 4.69) is 51.9 Å². The van der Waals surface area contributed by atoms with Gasteiger partial charge in [0.2, 0.25) is 5.91 Å². The molecule has 0 N–H and O–H groups in total. The minimum absolute atomic E-state index is 0.154. The van der Waals surface area contributed by atoms with Crippen molar-refractivity contribution >= 4 is 5.91 Å². The van der Waals surface area contributed by atoms with Crippen LogP contribution in [-0.2, 0) is 17.8 Å². The zero-order valence-electron chi connectivity index (χ0n) is 15.8. The minimum Gasteiger partial charge on any atom is -0.342 e. The lowest BCUT2D eigenvalue weighted by molar-refractivity contribution is -0.132. The second kappa shape index (κ2) is 8.73. The molecule has 1 fully saturated rings. The van der Waals surface area contributed by atoms with Crippen molar-refractivity contribution in [2.24, 2.45) is 0 Å². The number of piperidine rings is 1. The molecular weight excluding hydrogens is 352 g/mol. The lowest BCUT2D eigenvalue weighted by atomic mass is 9.93. The Kier molecular flexibility index (Phi) is 5.70. The maximum atomic E-state index is 12.6. The van der Waals surface area contributed by atoms with E-state index in [-0.39, 0.29) is 5.91 Å². The number of carbonyl (C=O) groups is 1. The second-order valence-electron chi connectivity index (χ2n) is 7.26. The van der Waals surface area contributed by atoms with Crippen LogP contribution in [0.15, 0.2) is 55.0 Å². The molecule has 0 bridgehead atoms. The maximum absolute atomic E-state index is 12.6. The molecule has 2 aromatic heterocycles. The Morgan fingerprint density at radius 1 is 1.11 bits per heavy atom. The Bertz CT molecular complexity index is 879. The third kappa shape index (κ3) is 4.60. The summed E-state index contributed by atoms with van der Waals surface area (Å²) in [6, 6.07) is 14.7. The molecule has 144 valence electrons. The zero-order chi connectivity index (χ0) is 19.2. The highest BCUT2D eigenvalue weighted by Crippen LogP contribution is 2.26. The highest BCUT2D eigenvalue weighted by molar-refractivity contribution is 5.76. The molecular formula is C21H24N6O. The van der Waals surface area contributed by atoms with Crippen LogP contribution in [0.25, 0.3) is 0 Å². The van der Waals surface area contributed by atoms with Crippen molar-refractivity contribution in [1.29, 1.82) is 0 Å². The monoisotopic (exact) mass is 376 g/mol. The van der Waals surface area contributed by atoms with Crippen LogP contribution < -0.4 is 0 Å². The molecule has 0 unspecified atom stereocenters. The summed E-state index contributed by atoms with van der Waals surface area (Å²) in [5, 5.41) is 11.0. The summed E-state index contributed by atoms with van der Waals surface area (Å²) in [5.74, 6) is 0.456. The number of likely N-dealkylation sites (tertiary alicyclic amines) is 1. The van der Waals surface area contributed by atoms with Gasteiger partial charge < -0.3 is 4.90 Å². The van der Waals surface area contributed by atoms with Gasteiger partial charge in [-0.2, -0.15) is 0 Å². The number of benzene rings is 1. The maximum Gasteiger partial charge on any atom is 0.224 e. The first-order valence-corrected chi connectivity index (χ1v) is 9.75. The van der Waals surface area contributed by atoms with E-state index in [9.17, 15) is 4.79 Å². The molecule has 28 heavy (non-hydrogen) atoms. The summed E-state index contributed by atoms with van der Waals surface area (Å²) in [6.07, 6.45) is 6.90. The molecule has 0 spiro atoms. The number of carbonyl (C=O) groups excluding carboxylic acids is 1. The van der Waals surface area contributed by atoms with Crippen LogP contribution in [0, 0.1) is 0 Å². The van der Waals surface area contributed by atoms with Gasteiger partial charge in [-0.25, -0.2) is 4.68 Å². The molecule has 3 heterocycles. The standard InChI is InChI=1S/C21H24N6O/c28-21(10-12-27-16-23-24-25-27)26-11-4-7-19(15-26)20-9-8-18(14-22-20)13-17-5-2-1-3-6-17/h1-3,5-6,8-9,14,16,19H,4,7,10-13,15H2/t19-/m0/s1. The van der Waals surface area contributed by atoms with Gasteiger partial charge in [0.15, 0.2) is 0 Å². The molecule has 1 amide bonds. The number of hydrogen-bond acceptors (Lipinski definition) is 5. The van der Waals surface area contributed by atoms with E-state index < -0.39 is 0 Å². The van der Waals surface area contributed by atoms with Crippen LogP contribution in [0.4, 0.5) is 0 Å². The minimum atomic E-state index is 0.154. The summed E-state index contributed by atoms with van der Waals surface area (Å²) in [4.78, 5) is 19.2. The Morgan fingerprint density at radius 3 is 2.75 bits per heavy atom. The van der Waals surface area contributed by atoms with Gasteiger partial charge in [-0.3, -0.25) is 9.78 Å². The van der Waals surface area contributed by atoms with Crippen LogP contribution in [0.2, 0.25) is 0 Å². The third-order valence-corrected chi connectivity index (χ3v) is 5.24. The van der Waals surface area contributed by atoms with Crippen molar-refractivity contribution in [2.45, 2.75) is 38.1 Å². The van der Waals surface area contributed by atoms with Crippen LogP contribution >= 0.6 is 0 Å². The van der Waals surface area contributed by atoms with Gasteiger partial charge in [-0.1, -0.05) is 36.4 Å². The van der Waals surface area contributed by atoms with E-state index in [1.165, 1.54) is 17.5 Å². The van der Waals surface area contributed by atoms with E-state index in [0.717, 1.165) is 38.0 Å². The smallest absolute Gasteiger partial charge is 0.224 e. The fraction of sp³-hybridized carbons (Fsp3) is 0.381. The average Bonchev–Trinajstić information content (AvgIpc) is 3.27. The first-order chi connectivity index (χ1) is 13.8. The number of nitrogens with zero attached hydrogens (tertiary/aromatic N) is 6. The van der Waals surface area contributed by atoms with Gasteiger partial charge in [0.25, 0.3) is 0 Å². The van der Waals surface area contributed by atoms with Crippen LogP contribution in [0.3, 0.4) is 0 Å². The Balaban J connectivity index is 1.34. The van der Waals surface area contributed by atoms with Crippen LogP contribution in [0.5, 0.6) is 0 Å². The summed E-state index contributed by atoms with van der Waals surface area (Å²) < 4.78 is 1.59. The van der Waals surface area contributed by atoms with E-state index >= 15 is 0 Å². The SMILES string of the molecule is O=C(CCn1cnnn1)N1CCC[C@H](c2ccc(Cc3ccccc3)cn2)C1. The molecule has 1 aromatic carbocycles. The van der Waals surface area contributed by atoms with Crippen molar-refractivity contribution in [2.75, 3.05) is 13.1 Å². The van der Waals surface area contributed by atoms with Gasteiger partial charge in [0.1, 0.15) is 6.33 Å². The van der Waals surface area contributed by atoms with E-state index in [1.807, 2.05) is 17.2 Å². The van der Waals surface area contributed by atoms with Crippen LogP contribution in [0.1, 0.15) is 42.0 Å². The van der Waals surface area contributed by atoms with Crippen molar-refractivity contribution in [3.63, 3.8) is 0 Å². The van der Waals surface area contributed by atoms with Gasteiger partial charge in [-0.15, -0.1) is 5.10 Å². The second-order valence-corrected chi connectivity index (χ2v) is 7.26. The number of amides is 1. The quantitative estimate of drug-likeness (QED) is 0.660. The fourth-order valence-corrected chi connectivity index (χ4v) is 3.71. The largest absolute Gasteiger partial charge is 0.342 e. The number of aromatic nitrogens is 5. The van der Waals surface area contributed by atoms with Gasteiger partial charge in [0, 0.05) is 37.3 Å². The number of rotatable bonds is 6. The lowest BCUT2D eigenvalue weighted by Crippen LogP contribution is -2.39. The normalized spacial score (nSPS) is 16.9. The molecule has 0 radical (unpaired) electrons. The van der Waals surface area contributed by atoms with E-state index in [0.29, 0.717) is 18.9 Å². The van der Waals surface area contributed by atoms with Crippen molar-refractivity contribution < 1.29 is 4.79 Å². The van der Waals surface area contributed by atoms with Crippen molar-refractivity contribution in [1.82, 2.24) is 30.1 Å². The summed E-state index contributed by atoms with van der Waals surface area (Å²) in [7, 11) is 0. The molecule has 7 heteroatoms. The Hall–Kier alpha value is -3.09. The van der Waals surface area contributed by atoms with E-state index in [4.69, 9.17) is 4.98 Å². The molecule has 3 aromatic rings. The summed E-state index contributed by atoms with van der Waals surface area (Å²) in [5.41, 5.74) is 3.57. The topological polar surface area (TPSA) is 76.8 Å². The highest BCUT2D eigenvalue weighted by atomic mass is 16.2. The lowest BCUT2D eigenvalue weighted by Gasteiger charge is -2.32. The van der Waals surface area contributed by atoms with Crippen LogP contribution in [-0.4, -0.2) is 49.1 Å². The molecule has 7 nitrogen and oxygen atoms in total. The molecule has 0 aliphatic carbocycles. The third-order valence-electron chi connectivity index (χ3n) is 5.24. The Labute approximate surface area is 164 Å². The van der Waals surface area contributed by atoms with Gasteiger partial charge in [-0.05, 0) is 46.9 Å². The number of tetrazole rings is 1. The summed E-state index contributed by atoms with van der Waals surface area (Å²) >= 11 is 0. The molecule has 0 saturated carbocycles. The Morgan fingerprint density at radius 2 is 2.00 bits per heavy atom. The number of hydrogen-bond donors (Lipinski definition) is 0. The molecule has 4 rings (SSSR count). The predicted octanol–water partition coefficient (Wildman–Crippen LogP) is 2.46. The molecule has 1 aliphatic rings. The number of pyridine rings is 1. The summed E-state index contributed by atoms with van der Waals surface area (Å²) in [6.45, 7) is 2.07. The van der Waals surface area contributed by atoms with Crippen molar-refractivity contribution in [3.8, 4) is 0 Å². The van der Waals surface area contributed by atoms with Gasteiger partial charge in [0.05, 0.1) is 6.54 Å².